The smallest absolute Gasteiger partial charge is 0.408 e. The lowest BCUT2D eigenvalue weighted by Gasteiger charge is -2.17. The minimum absolute atomic E-state index is 0.0218. The molecule has 0 aliphatic rings. The van der Waals surface area contributed by atoms with Crippen LogP contribution in [0.3, 0.4) is 0 Å². The second kappa shape index (κ2) is 9.05. The van der Waals surface area contributed by atoms with Crippen molar-refractivity contribution in [3.8, 4) is 0 Å². The molecule has 0 spiro atoms. The first-order chi connectivity index (χ1) is 10.3. The number of amides is 1. The predicted octanol–water partition coefficient (Wildman–Crippen LogP) is 2.19. The van der Waals surface area contributed by atoms with Crippen LogP contribution in [-0.4, -0.2) is 40.2 Å². The summed E-state index contributed by atoms with van der Waals surface area (Å²) in [5, 5.41) is 11.2. The minimum Gasteiger partial charge on any atom is -0.460 e. The van der Waals surface area contributed by atoms with Gasteiger partial charge in [-0.15, -0.1) is 0 Å². The summed E-state index contributed by atoms with van der Waals surface area (Å²) in [5.41, 5.74) is 0.775. The first kappa shape index (κ1) is 18.8. The molecule has 0 saturated heterocycles. The molecule has 1 rings (SSSR count). The van der Waals surface area contributed by atoms with Crippen molar-refractivity contribution in [1.82, 2.24) is 5.32 Å². The lowest BCUT2D eigenvalue weighted by molar-refractivity contribution is -0.146. The molecule has 6 nitrogen and oxygen atoms in total. The maximum atomic E-state index is 11.6. The number of halogens is 3. The van der Waals surface area contributed by atoms with Crippen LogP contribution < -0.4 is 5.32 Å². The van der Waals surface area contributed by atoms with Crippen LogP contribution in [0, 0.1) is 0 Å². The van der Waals surface area contributed by atoms with E-state index in [0.29, 0.717) is 0 Å². The van der Waals surface area contributed by atoms with E-state index in [2.05, 4.69) is 10.1 Å². The number of alkyl carbamates (subject to hydrolysis) is 1. The number of carbonyl (C=O) groups excluding carboxylic acids is 2. The van der Waals surface area contributed by atoms with Gasteiger partial charge in [0, 0.05) is 0 Å². The van der Waals surface area contributed by atoms with Crippen LogP contribution in [0.2, 0.25) is 0 Å². The largest absolute Gasteiger partial charge is 0.460 e. The molecule has 9 heteroatoms. The van der Waals surface area contributed by atoms with Gasteiger partial charge < -0.3 is 19.9 Å². The number of hydrogen-bond acceptors (Lipinski definition) is 5. The molecule has 2 N–H and O–H groups in total. The molecule has 0 saturated carbocycles. The van der Waals surface area contributed by atoms with E-state index in [0.717, 1.165) is 5.56 Å². The van der Waals surface area contributed by atoms with Crippen molar-refractivity contribution in [3.05, 3.63) is 35.9 Å². The summed E-state index contributed by atoms with van der Waals surface area (Å²) in [6.45, 7) is -1.17. The van der Waals surface area contributed by atoms with Crippen molar-refractivity contribution >= 4 is 46.9 Å². The molecule has 0 bridgehead atoms. The molecule has 0 unspecified atom stereocenters. The minimum atomic E-state index is -1.77. The Hall–Kier alpha value is -1.21. The highest BCUT2D eigenvalue weighted by Crippen LogP contribution is 2.25. The maximum Gasteiger partial charge on any atom is 0.408 e. The van der Waals surface area contributed by atoms with Gasteiger partial charge in [-0.3, -0.25) is 0 Å². The Labute approximate surface area is 142 Å². The number of rotatable bonds is 6. The van der Waals surface area contributed by atoms with Gasteiger partial charge in [-0.25, -0.2) is 9.59 Å². The van der Waals surface area contributed by atoms with Gasteiger partial charge in [0.1, 0.15) is 13.2 Å². The molecule has 1 atom stereocenters. The number of alkyl halides is 3. The summed E-state index contributed by atoms with van der Waals surface area (Å²) in [6.07, 6.45) is -0.881. The SMILES string of the molecule is O=C(N[C@H](CO)C(=O)OCC(Cl)(Cl)Cl)OCc1ccccc1. The number of nitrogens with one attached hydrogen (secondary N) is 1. The number of aliphatic hydroxyl groups excluding tert-OH is 1. The molecule has 122 valence electrons. The Morgan fingerprint density at radius 1 is 1.18 bits per heavy atom. The first-order valence-corrected chi connectivity index (χ1v) is 7.26. The van der Waals surface area contributed by atoms with E-state index in [4.69, 9.17) is 44.6 Å². The van der Waals surface area contributed by atoms with Gasteiger partial charge in [-0.05, 0) is 5.56 Å². The van der Waals surface area contributed by atoms with E-state index < -0.39 is 35.1 Å². The maximum absolute atomic E-state index is 11.6. The molecule has 22 heavy (non-hydrogen) atoms. The summed E-state index contributed by atoms with van der Waals surface area (Å²) in [7, 11) is 0. The number of ether oxygens (including phenoxy) is 2. The van der Waals surface area contributed by atoms with Crippen LogP contribution in [0.4, 0.5) is 4.79 Å². The lowest BCUT2D eigenvalue weighted by atomic mass is 10.2. The summed E-state index contributed by atoms with van der Waals surface area (Å²) in [5.74, 6) is -0.939. The molecule has 1 aromatic rings. The van der Waals surface area contributed by atoms with Crippen molar-refractivity contribution < 1.29 is 24.2 Å². The fourth-order valence-electron chi connectivity index (χ4n) is 1.34. The molecule has 0 fully saturated rings. The van der Waals surface area contributed by atoms with E-state index in [1.54, 1.807) is 24.3 Å². The van der Waals surface area contributed by atoms with Gasteiger partial charge >= 0.3 is 12.1 Å². The third kappa shape index (κ3) is 7.70. The molecule has 0 heterocycles. The zero-order valence-corrected chi connectivity index (χ0v) is 13.6. The molecule has 0 radical (unpaired) electrons. The van der Waals surface area contributed by atoms with Gasteiger partial charge in [0.2, 0.25) is 3.79 Å². The summed E-state index contributed by atoms with van der Waals surface area (Å²) in [4.78, 5) is 23.2. The molecule has 1 amide bonds. The fourth-order valence-corrected chi connectivity index (χ4v) is 1.50. The fraction of sp³-hybridized carbons (Fsp3) is 0.385. The summed E-state index contributed by atoms with van der Waals surface area (Å²) < 4.78 is 7.79. The zero-order valence-electron chi connectivity index (χ0n) is 11.3. The Bertz CT molecular complexity index is 492. The Kier molecular flexibility index (Phi) is 7.75. The second-order valence-corrected chi connectivity index (χ2v) is 6.68. The Morgan fingerprint density at radius 2 is 1.82 bits per heavy atom. The van der Waals surface area contributed by atoms with E-state index in [1.807, 2.05) is 6.07 Å². The highest BCUT2D eigenvalue weighted by atomic mass is 35.6. The summed E-state index contributed by atoms with van der Waals surface area (Å²) >= 11 is 16.3. The normalized spacial score (nSPS) is 12.4. The van der Waals surface area contributed by atoms with Crippen LogP contribution >= 0.6 is 34.8 Å². The van der Waals surface area contributed by atoms with Crippen LogP contribution in [0.1, 0.15) is 5.56 Å². The number of aliphatic hydroxyl groups is 1. The molecule has 0 aliphatic carbocycles. The van der Waals surface area contributed by atoms with E-state index >= 15 is 0 Å². The van der Waals surface area contributed by atoms with Gasteiger partial charge in [0.15, 0.2) is 6.04 Å². The van der Waals surface area contributed by atoms with Crippen LogP contribution in [0.15, 0.2) is 30.3 Å². The molecule has 0 aromatic heterocycles. The number of carbonyl (C=O) groups is 2. The molecular weight excluding hydrogens is 357 g/mol. The van der Waals surface area contributed by atoms with Crippen LogP contribution in [0.5, 0.6) is 0 Å². The van der Waals surface area contributed by atoms with E-state index in [1.165, 1.54) is 0 Å². The van der Waals surface area contributed by atoms with E-state index in [-0.39, 0.29) is 6.61 Å². The van der Waals surface area contributed by atoms with Crippen LogP contribution in [-0.2, 0) is 20.9 Å². The van der Waals surface area contributed by atoms with Crippen molar-refractivity contribution in [2.75, 3.05) is 13.2 Å². The number of benzene rings is 1. The van der Waals surface area contributed by atoms with Gasteiger partial charge in [-0.2, -0.15) is 0 Å². The zero-order chi connectivity index (χ0) is 16.6. The molecule has 1 aromatic carbocycles. The van der Waals surface area contributed by atoms with E-state index in [9.17, 15) is 9.59 Å². The highest BCUT2D eigenvalue weighted by molar-refractivity contribution is 6.67. The van der Waals surface area contributed by atoms with Crippen molar-refractivity contribution in [2.24, 2.45) is 0 Å². The van der Waals surface area contributed by atoms with Gasteiger partial charge in [0.25, 0.3) is 0 Å². The van der Waals surface area contributed by atoms with Crippen molar-refractivity contribution in [1.29, 1.82) is 0 Å². The first-order valence-electron chi connectivity index (χ1n) is 6.13. The number of hydrogen-bond donors (Lipinski definition) is 2. The van der Waals surface area contributed by atoms with Gasteiger partial charge in [0.05, 0.1) is 6.61 Å². The average Bonchev–Trinajstić information content (AvgIpc) is 2.48. The summed E-state index contributed by atoms with van der Waals surface area (Å²) in [6, 6.07) is 7.64. The third-order valence-electron chi connectivity index (χ3n) is 2.35. The lowest BCUT2D eigenvalue weighted by Crippen LogP contribution is -2.45. The Balaban J connectivity index is 2.41. The topological polar surface area (TPSA) is 84.9 Å². The highest BCUT2D eigenvalue weighted by Gasteiger charge is 2.27. The second-order valence-electron chi connectivity index (χ2n) is 4.16. The van der Waals surface area contributed by atoms with Crippen molar-refractivity contribution in [2.45, 2.75) is 16.4 Å². The standard InChI is InChI=1S/C13H14Cl3NO5/c14-13(15,16)8-22-11(19)10(6-18)17-12(20)21-7-9-4-2-1-3-5-9/h1-5,10,18H,6-8H2,(H,17,20)/t10-/m1/s1. The molecular formula is C13H14Cl3NO5. The van der Waals surface area contributed by atoms with Gasteiger partial charge in [-0.1, -0.05) is 65.1 Å². The molecule has 0 aliphatic heterocycles. The van der Waals surface area contributed by atoms with Crippen LogP contribution in [0.25, 0.3) is 0 Å². The predicted molar refractivity (Wildman–Crippen MR) is 81.9 cm³/mol. The quantitative estimate of drug-likeness (QED) is 0.592. The number of esters is 1. The monoisotopic (exact) mass is 369 g/mol. The average molecular weight is 371 g/mol. The Morgan fingerprint density at radius 3 is 2.36 bits per heavy atom. The third-order valence-corrected chi connectivity index (χ3v) is 2.68. The van der Waals surface area contributed by atoms with Crippen molar-refractivity contribution in [3.63, 3.8) is 0 Å².